The summed E-state index contributed by atoms with van der Waals surface area (Å²) in [5.74, 6) is -0.388. The van der Waals surface area contributed by atoms with Crippen LogP contribution in [0, 0.1) is 11.3 Å². The molecule has 0 spiro atoms. The van der Waals surface area contributed by atoms with Gasteiger partial charge in [-0.25, -0.2) is 9.78 Å². The van der Waals surface area contributed by atoms with Crippen LogP contribution in [0.4, 0.5) is 5.82 Å². The molecule has 0 amide bonds. The maximum absolute atomic E-state index is 11.5. The largest absolute Gasteiger partial charge is 0.480 e. The lowest BCUT2D eigenvalue weighted by Crippen LogP contribution is -2.56. The van der Waals surface area contributed by atoms with Crippen LogP contribution in [-0.4, -0.2) is 28.1 Å². The number of hydrogen-bond donors (Lipinski definition) is 1. The van der Waals surface area contributed by atoms with Gasteiger partial charge in [0.25, 0.3) is 0 Å². The van der Waals surface area contributed by atoms with Crippen molar-refractivity contribution in [3.8, 4) is 6.07 Å². The average Bonchev–Trinajstić information content (AvgIpc) is 2.39. The molecule has 5 heteroatoms. The van der Waals surface area contributed by atoms with E-state index in [4.69, 9.17) is 5.26 Å². The summed E-state index contributed by atoms with van der Waals surface area (Å²) in [5.41, 5.74) is -0.551. The Morgan fingerprint density at radius 3 is 3.06 bits per heavy atom. The molecule has 1 saturated heterocycles. The summed E-state index contributed by atoms with van der Waals surface area (Å²) in [7, 11) is 0. The van der Waals surface area contributed by atoms with E-state index in [2.05, 4.69) is 11.1 Å². The highest BCUT2D eigenvalue weighted by Gasteiger charge is 2.42. The number of rotatable bonds is 2. The van der Waals surface area contributed by atoms with Crippen molar-refractivity contribution in [2.45, 2.75) is 31.7 Å². The van der Waals surface area contributed by atoms with Gasteiger partial charge in [-0.3, -0.25) is 0 Å². The Morgan fingerprint density at radius 1 is 1.61 bits per heavy atom. The van der Waals surface area contributed by atoms with Gasteiger partial charge in [0.2, 0.25) is 0 Å². The molecule has 2 heterocycles. The van der Waals surface area contributed by atoms with Crippen LogP contribution in [0.1, 0.15) is 31.7 Å². The topological polar surface area (TPSA) is 77.2 Å². The molecule has 94 valence electrons. The quantitative estimate of drug-likeness (QED) is 0.859. The standard InChI is InChI=1S/C13H15N3O2/c1-13(12(17)18)6-2-3-8-16(13)11-10(9-14)5-4-7-15-11/h4-5,7H,2-3,6,8H2,1H3,(H,17,18). The molecule has 18 heavy (non-hydrogen) atoms. The molecule has 1 unspecified atom stereocenters. The molecule has 0 bridgehead atoms. The minimum Gasteiger partial charge on any atom is -0.480 e. The summed E-state index contributed by atoms with van der Waals surface area (Å²) in [5, 5.41) is 18.5. The van der Waals surface area contributed by atoms with Crippen molar-refractivity contribution in [1.82, 2.24) is 4.98 Å². The first-order valence-corrected chi connectivity index (χ1v) is 5.96. The van der Waals surface area contributed by atoms with E-state index in [1.54, 1.807) is 30.2 Å². The molecule has 0 aromatic carbocycles. The third-order valence-corrected chi connectivity index (χ3v) is 3.51. The number of anilines is 1. The molecular weight excluding hydrogens is 230 g/mol. The first-order valence-electron chi connectivity index (χ1n) is 5.96. The zero-order valence-electron chi connectivity index (χ0n) is 10.3. The second kappa shape index (κ2) is 4.65. The van der Waals surface area contributed by atoms with Gasteiger partial charge in [-0.2, -0.15) is 5.26 Å². The maximum Gasteiger partial charge on any atom is 0.329 e. The lowest BCUT2D eigenvalue weighted by molar-refractivity contribution is -0.143. The van der Waals surface area contributed by atoms with E-state index in [-0.39, 0.29) is 0 Å². The lowest BCUT2D eigenvalue weighted by atomic mass is 9.88. The van der Waals surface area contributed by atoms with E-state index in [9.17, 15) is 9.90 Å². The molecule has 1 N–H and O–H groups in total. The monoisotopic (exact) mass is 245 g/mol. The molecule has 1 atom stereocenters. The fourth-order valence-electron chi connectivity index (χ4n) is 2.38. The summed E-state index contributed by atoms with van der Waals surface area (Å²) in [6.45, 7) is 2.32. The second-order valence-corrected chi connectivity index (χ2v) is 4.67. The van der Waals surface area contributed by atoms with Crippen molar-refractivity contribution in [2.75, 3.05) is 11.4 Å². The van der Waals surface area contributed by atoms with Crippen molar-refractivity contribution >= 4 is 11.8 Å². The summed E-state index contributed by atoms with van der Waals surface area (Å²) >= 11 is 0. The van der Waals surface area contributed by atoms with E-state index in [1.165, 1.54) is 0 Å². The second-order valence-electron chi connectivity index (χ2n) is 4.67. The van der Waals surface area contributed by atoms with Gasteiger partial charge < -0.3 is 10.0 Å². The third-order valence-electron chi connectivity index (χ3n) is 3.51. The number of hydrogen-bond acceptors (Lipinski definition) is 4. The van der Waals surface area contributed by atoms with Gasteiger partial charge in [0.15, 0.2) is 0 Å². The van der Waals surface area contributed by atoms with Gasteiger partial charge in [-0.1, -0.05) is 0 Å². The average molecular weight is 245 g/mol. The summed E-state index contributed by atoms with van der Waals surface area (Å²) in [4.78, 5) is 17.4. The third kappa shape index (κ3) is 1.90. The Morgan fingerprint density at radius 2 is 2.39 bits per heavy atom. The number of nitrogens with zero attached hydrogens (tertiary/aromatic N) is 3. The van der Waals surface area contributed by atoms with E-state index in [1.807, 2.05) is 0 Å². The first-order chi connectivity index (χ1) is 8.59. The Hall–Kier alpha value is -2.09. The van der Waals surface area contributed by atoms with Crippen LogP contribution >= 0.6 is 0 Å². The van der Waals surface area contributed by atoms with E-state index >= 15 is 0 Å². The highest BCUT2D eigenvalue weighted by molar-refractivity contribution is 5.83. The van der Waals surface area contributed by atoms with Gasteiger partial charge >= 0.3 is 5.97 Å². The fraction of sp³-hybridized carbons (Fsp3) is 0.462. The molecule has 1 aromatic rings. The molecule has 0 saturated carbocycles. The van der Waals surface area contributed by atoms with Crippen molar-refractivity contribution in [3.05, 3.63) is 23.9 Å². The van der Waals surface area contributed by atoms with Crippen LogP contribution in [0.15, 0.2) is 18.3 Å². The summed E-state index contributed by atoms with van der Waals surface area (Å²) in [6, 6.07) is 5.42. The number of aromatic nitrogens is 1. The minimum atomic E-state index is -0.974. The summed E-state index contributed by atoms with van der Waals surface area (Å²) in [6.07, 6.45) is 3.97. The number of carbonyl (C=O) groups is 1. The van der Waals surface area contributed by atoms with Crippen molar-refractivity contribution < 1.29 is 9.90 Å². The van der Waals surface area contributed by atoms with Gasteiger partial charge in [0.05, 0.1) is 5.56 Å². The van der Waals surface area contributed by atoms with Crippen LogP contribution in [-0.2, 0) is 4.79 Å². The smallest absolute Gasteiger partial charge is 0.329 e. The maximum atomic E-state index is 11.5. The number of carboxylic acid groups (broad SMARTS) is 1. The number of carboxylic acids is 1. The Bertz CT molecular complexity index is 509. The van der Waals surface area contributed by atoms with Crippen LogP contribution < -0.4 is 4.90 Å². The predicted octanol–water partition coefficient (Wildman–Crippen LogP) is 1.79. The van der Waals surface area contributed by atoms with Crippen LogP contribution in [0.5, 0.6) is 0 Å². The Kier molecular flexibility index (Phi) is 3.19. The molecule has 1 aliphatic rings. The predicted molar refractivity (Wildman–Crippen MR) is 66.2 cm³/mol. The highest BCUT2D eigenvalue weighted by Crippen LogP contribution is 2.33. The van der Waals surface area contributed by atoms with Gasteiger partial charge in [0.1, 0.15) is 17.4 Å². The molecule has 0 radical (unpaired) electrons. The Balaban J connectivity index is 2.47. The first kappa shape index (κ1) is 12.4. The molecule has 5 nitrogen and oxygen atoms in total. The van der Waals surface area contributed by atoms with Crippen molar-refractivity contribution in [3.63, 3.8) is 0 Å². The van der Waals surface area contributed by atoms with Crippen molar-refractivity contribution in [2.24, 2.45) is 0 Å². The van der Waals surface area contributed by atoms with Crippen LogP contribution in [0.2, 0.25) is 0 Å². The molecule has 2 rings (SSSR count). The molecular formula is C13H15N3O2. The number of nitriles is 1. The van der Waals surface area contributed by atoms with Crippen molar-refractivity contribution in [1.29, 1.82) is 5.26 Å². The zero-order valence-corrected chi connectivity index (χ0v) is 10.3. The highest BCUT2D eigenvalue weighted by atomic mass is 16.4. The van der Waals surface area contributed by atoms with Gasteiger partial charge in [-0.15, -0.1) is 0 Å². The fourth-order valence-corrected chi connectivity index (χ4v) is 2.38. The lowest BCUT2D eigenvalue weighted by Gasteiger charge is -2.42. The zero-order chi connectivity index (χ0) is 13.2. The number of piperidine rings is 1. The van der Waals surface area contributed by atoms with E-state index in [0.29, 0.717) is 24.3 Å². The van der Waals surface area contributed by atoms with Gasteiger partial charge in [0, 0.05) is 12.7 Å². The molecule has 1 aromatic heterocycles. The molecule has 0 aliphatic carbocycles. The Labute approximate surface area is 106 Å². The van der Waals surface area contributed by atoms with E-state index in [0.717, 1.165) is 12.8 Å². The normalized spacial score (nSPS) is 23.4. The van der Waals surface area contributed by atoms with Crippen LogP contribution in [0.25, 0.3) is 0 Å². The summed E-state index contributed by atoms with van der Waals surface area (Å²) < 4.78 is 0. The van der Waals surface area contributed by atoms with Crippen LogP contribution in [0.3, 0.4) is 0 Å². The van der Waals surface area contributed by atoms with E-state index < -0.39 is 11.5 Å². The number of aliphatic carboxylic acids is 1. The minimum absolute atomic E-state index is 0.423. The SMILES string of the molecule is CC1(C(=O)O)CCCCN1c1ncccc1C#N. The molecule has 1 aliphatic heterocycles. The number of pyridine rings is 1. The molecule has 1 fully saturated rings. The van der Waals surface area contributed by atoms with Gasteiger partial charge in [-0.05, 0) is 38.3 Å².